The van der Waals surface area contributed by atoms with Gasteiger partial charge in [-0.1, -0.05) is 35.0 Å². The number of esters is 1. The Hall–Kier alpha value is -2.87. The zero-order valence-corrected chi connectivity index (χ0v) is 15.2. The van der Waals surface area contributed by atoms with E-state index in [0.29, 0.717) is 10.6 Å². The molecule has 138 valence electrons. The summed E-state index contributed by atoms with van der Waals surface area (Å²) in [5.41, 5.74) is 0.785. The van der Waals surface area contributed by atoms with E-state index in [1.807, 2.05) is 0 Å². The van der Waals surface area contributed by atoms with Gasteiger partial charge in [0, 0.05) is 11.6 Å². The number of carbonyl (C=O) groups is 3. The van der Waals surface area contributed by atoms with Crippen molar-refractivity contribution in [1.29, 1.82) is 0 Å². The number of amides is 3. The van der Waals surface area contributed by atoms with Crippen molar-refractivity contribution in [1.82, 2.24) is 15.8 Å². The number of nitrogens with zero attached hydrogens (tertiary/aromatic N) is 1. The summed E-state index contributed by atoms with van der Waals surface area (Å²) in [5, 5.41) is 8.78. The van der Waals surface area contributed by atoms with E-state index in [1.54, 1.807) is 45.0 Å². The average molecular weight is 380 g/mol. The molecule has 2 aromatic rings. The van der Waals surface area contributed by atoms with E-state index in [9.17, 15) is 14.4 Å². The molecule has 0 radical (unpaired) electrons. The molecule has 0 aliphatic heterocycles. The van der Waals surface area contributed by atoms with E-state index in [2.05, 4.69) is 15.8 Å². The summed E-state index contributed by atoms with van der Waals surface area (Å²) in [5.74, 6) is -1.34. The molecule has 8 nitrogen and oxygen atoms in total. The Morgan fingerprint density at radius 2 is 1.96 bits per heavy atom. The van der Waals surface area contributed by atoms with Gasteiger partial charge in [-0.2, -0.15) is 0 Å². The van der Waals surface area contributed by atoms with Crippen LogP contribution in [0, 0.1) is 6.92 Å². The monoisotopic (exact) mass is 379 g/mol. The summed E-state index contributed by atoms with van der Waals surface area (Å²) in [7, 11) is 0. The van der Waals surface area contributed by atoms with Crippen molar-refractivity contribution in [2.24, 2.45) is 0 Å². The van der Waals surface area contributed by atoms with Crippen LogP contribution in [-0.2, 0) is 9.53 Å². The van der Waals surface area contributed by atoms with Crippen LogP contribution in [0.3, 0.4) is 0 Å². The highest BCUT2D eigenvalue weighted by Crippen LogP contribution is 2.31. The molecule has 0 unspecified atom stereocenters. The van der Waals surface area contributed by atoms with Crippen LogP contribution in [-0.4, -0.2) is 35.7 Å². The maximum absolute atomic E-state index is 12.4. The Bertz CT molecular complexity index is 832. The molecule has 9 heteroatoms. The van der Waals surface area contributed by atoms with Crippen LogP contribution in [0.5, 0.6) is 0 Å². The molecule has 0 fully saturated rings. The summed E-state index contributed by atoms with van der Waals surface area (Å²) in [6, 6.07) is 6.00. The second kappa shape index (κ2) is 8.48. The highest BCUT2D eigenvalue weighted by Gasteiger charge is 2.25. The highest BCUT2D eigenvalue weighted by molar-refractivity contribution is 6.33. The number of hydrogen-bond donors (Lipinski definition) is 2. The van der Waals surface area contributed by atoms with Crippen molar-refractivity contribution in [2.75, 3.05) is 6.61 Å². The fourth-order valence-corrected chi connectivity index (χ4v) is 2.34. The number of urea groups is 1. The van der Waals surface area contributed by atoms with Crippen molar-refractivity contribution in [3.05, 3.63) is 40.6 Å². The SMILES string of the molecule is Cc1onc(-c2ccccc2Cl)c1C(=O)OCC(=O)NC(=O)NC(C)C. The van der Waals surface area contributed by atoms with Crippen LogP contribution < -0.4 is 10.6 Å². The van der Waals surface area contributed by atoms with Crippen LogP contribution in [0.25, 0.3) is 11.3 Å². The molecular formula is C17H18ClN3O5. The number of hydrogen-bond acceptors (Lipinski definition) is 6. The van der Waals surface area contributed by atoms with Gasteiger partial charge in [-0.15, -0.1) is 0 Å². The molecule has 2 N–H and O–H groups in total. The minimum absolute atomic E-state index is 0.0672. The molecule has 3 amide bonds. The van der Waals surface area contributed by atoms with Crippen molar-refractivity contribution in [3.8, 4) is 11.3 Å². The number of rotatable bonds is 5. The molecule has 0 bridgehead atoms. The van der Waals surface area contributed by atoms with Gasteiger partial charge in [0.05, 0.1) is 5.02 Å². The maximum atomic E-state index is 12.4. The number of aryl methyl sites for hydroxylation is 1. The van der Waals surface area contributed by atoms with E-state index in [1.165, 1.54) is 0 Å². The van der Waals surface area contributed by atoms with Gasteiger partial charge in [-0.3, -0.25) is 10.1 Å². The topological polar surface area (TPSA) is 111 Å². The number of imide groups is 1. The van der Waals surface area contributed by atoms with Crippen LogP contribution in [0.1, 0.15) is 30.0 Å². The number of carbonyl (C=O) groups excluding carboxylic acids is 3. The lowest BCUT2D eigenvalue weighted by Gasteiger charge is -2.09. The average Bonchev–Trinajstić information content (AvgIpc) is 2.93. The van der Waals surface area contributed by atoms with Gasteiger partial charge in [0.25, 0.3) is 5.91 Å². The second-order valence-electron chi connectivity index (χ2n) is 5.69. The van der Waals surface area contributed by atoms with Gasteiger partial charge in [-0.05, 0) is 26.8 Å². The summed E-state index contributed by atoms with van der Waals surface area (Å²) in [4.78, 5) is 35.5. The number of ether oxygens (including phenoxy) is 1. The molecule has 0 spiro atoms. The standard InChI is InChI=1S/C17H18ClN3O5/c1-9(2)19-17(24)20-13(22)8-25-16(23)14-10(3)26-21-15(14)11-6-4-5-7-12(11)18/h4-7,9H,8H2,1-3H3,(H2,19,20,22,24). The van der Waals surface area contributed by atoms with Crippen molar-refractivity contribution >= 4 is 29.5 Å². The van der Waals surface area contributed by atoms with Crippen LogP contribution >= 0.6 is 11.6 Å². The van der Waals surface area contributed by atoms with Crippen LogP contribution in [0.15, 0.2) is 28.8 Å². The summed E-state index contributed by atoms with van der Waals surface area (Å²) in [6.07, 6.45) is 0. The predicted molar refractivity (Wildman–Crippen MR) is 93.8 cm³/mol. The van der Waals surface area contributed by atoms with Crippen LogP contribution in [0.2, 0.25) is 5.02 Å². The zero-order valence-electron chi connectivity index (χ0n) is 14.5. The lowest BCUT2D eigenvalue weighted by Crippen LogP contribution is -2.44. The first-order chi connectivity index (χ1) is 12.3. The fraction of sp³-hybridized carbons (Fsp3) is 0.294. The Balaban J connectivity index is 2.07. The number of aromatic nitrogens is 1. The third kappa shape index (κ3) is 4.82. The van der Waals surface area contributed by atoms with Gasteiger partial charge in [0.1, 0.15) is 17.0 Å². The van der Waals surface area contributed by atoms with Crippen molar-refractivity contribution < 1.29 is 23.6 Å². The number of benzene rings is 1. The first-order valence-corrected chi connectivity index (χ1v) is 8.16. The molecule has 1 aromatic heterocycles. The second-order valence-corrected chi connectivity index (χ2v) is 6.10. The largest absolute Gasteiger partial charge is 0.452 e. The van der Waals surface area contributed by atoms with Crippen molar-refractivity contribution in [2.45, 2.75) is 26.8 Å². The lowest BCUT2D eigenvalue weighted by molar-refractivity contribution is -0.123. The Kier molecular flexibility index (Phi) is 6.35. The Labute approximate surface area is 154 Å². The van der Waals surface area contributed by atoms with Gasteiger partial charge < -0.3 is 14.6 Å². The maximum Gasteiger partial charge on any atom is 0.344 e. The molecule has 0 saturated carbocycles. The normalized spacial score (nSPS) is 10.5. The molecule has 1 heterocycles. The molecule has 0 atom stereocenters. The summed E-state index contributed by atoms with van der Waals surface area (Å²) < 4.78 is 10.0. The van der Waals surface area contributed by atoms with Gasteiger partial charge >= 0.3 is 12.0 Å². The van der Waals surface area contributed by atoms with Crippen LogP contribution in [0.4, 0.5) is 4.79 Å². The third-order valence-electron chi connectivity index (χ3n) is 3.20. The Morgan fingerprint density at radius 1 is 1.27 bits per heavy atom. The highest BCUT2D eigenvalue weighted by atomic mass is 35.5. The smallest absolute Gasteiger partial charge is 0.344 e. The molecule has 26 heavy (non-hydrogen) atoms. The number of halogens is 1. The van der Waals surface area contributed by atoms with Gasteiger partial charge in [-0.25, -0.2) is 9.59 Å². The quantitative estimate of drug-likeness (QED) is 0.773. The zero-order chi connectivity index (χ0) is 19.3. The number of nitrogens with one attached hydrogen (secondary N) is 2. The first-order valence-electron chi connectivity index (χ1n) is 7.78. The molecule has 0 aliphatic carbocycles. The third-order valence-corrected chi connectivity index (χ3v) is 3.53. The van der Waals surface area contributed by atoms with E-state index in [0.717, 1.165) is 0 Å². The van der Waals surface area contributed by atoms with E-state index in [4.69, 9.17) is 20.9 Å². The molecule has 0 aliphatic rings. The minimum Gasteiger partial charge on any atom is -0.452 e. The molecular weight excluding hydrogens is 362 g/mol. The molecule has 0 saturated heterocycles. The lowest BCUT2D eigenvalue weighted by atomic mass is 10.1. The van der Waals surface area contributed by atoms with E-state index >= 15 is 0 Å². The fourth-order valence-electron chi connectivity index (χ4n) is 2.11. The van der Waals surface area contributed by atoms with Gasteiger partial charge in [0.15, 0.2) is 6.61 Å². The minimum atomic E-state index is -0.807. The van der Waals surface area contributed by atoms with E-state index < -0.39 is 24.5 Å². The van der Waals surface area contributed by atoms with E-state index in [-0.39, 0.29) is 23.1 Å². The predicted octanol–water partition coefficient (Wildman–Crippen LogP) is 2.69. The summed E-state index contributed by atoms with van der Waals surface area (Å²) >= 11 is 6.13. The molecule has 1 aromatic carbocycles. The summed E-state index contributed by atoms with van der Waals surface area (Å²) in [6.45, 7) is 4.40. The Morgan fingerprint density at radius 3 is 2.62 bits per heavy atom. The molecule has 2 rings (SSSR count). The first kappa shape index (κ1) is 19.5. The van der Waals surface area contributed by atoms with Gasteiger partial charge in [0.2, 0.25) is 0 Å². The van der Waals surface area contributed by atoms with Crippen molar-refractivity contribution in [3.63, 3.8) is 0 Å².